The monoisotopic (exact) mass is 355 g/mol. The molecule has 0 amide bonds. The molecule has 2 heterocycles. The van der Waals surface area contributed by atoms with Crippen molar-refractivity contribution in [1.29, 1.82) is 0 Å². The summed E-state index contributed by atoms with van der Waals surface area (Å²) in [6, 6.07) is 6.13. The van der Waals surface area contributed by atoms with E-state index in [1.807, 2.05) is 13.0 Å². The van der Waals surface area contributed by atoms with Crippen molar-refractivity contribution in [2.45, 2.75) is 39.2 Å². The molecule has 0 atom stereocenters. The first-order chi connectivity index (χ1) is 12.7. The van der Waals surface area contributed by atoms with Gasteiger partial charge in [-0.1, -0.05) is 6.07 Å². The molecule has 6 nitrogen and oxygen atoms in total. The van der Waals surface area contributed by atoms with Crippen LogP contribution in [0.2, 0.25) is 0 Å². The Morgan fingerprint density at radius 1 is 1.12 bits per heavy atom. The summed E-state index contributed by atoms with van der Waals surface area (Å²) in [6.45, 7) is 4.47. The number of fused-ring (bicyclic) bond motifs is 2. The van der Waals surface area contributed by atoms with E-state index >= 15 is 0 Å². The highest BCUT2D eigenvalue weighted by Crippen LogP contribution is 2.34. The number of aromatic nitrogens is 2. The van der Waals surface area contributed by atoms with Crippen LogP contribution < -0.4 is 14.4 Å². The zero-order chi connectivity index (χ0) is 17.9. The van der Waals surface area contributed by atoms with Gasteiger partial charge in [-0.25, -0.2) is 9.97 Å². The van der Waals surface area contributed by atoms with Gasteiger partial charge >= 0.3 is 0 Å². The van der Waals surface area contributed by atoms with Gasteiger partial charge in [-0.15, -0.1) is 0 Å². The fourth-order valence-corrected chi connectivity index (χ4v) is 3.68. The molecule has 1 aromatic carbocycles. The average Bonchev–Trinajstić information content (AvgIpc) is 3.12. The van der Waals surface area contributed by atoms with Gasteiger partial charge in [0, 0.05) is 31.5 Å². The van der Waals surface area contributed by atoms with Crippen LogP contribution in [0, 0.1) is 6.92 Å². The lowest BCUT2D eigenvalue weighted by molar-refractivity contribution is 0.174. The minimum atomic E-state index is 0.296. The average molecular weight is 355 g/mol. The molecule has 6 heteroatoms. The van der Waals surface area contributed by atoms with Crippen LogP contribution in [0.15, 0.2) is 18.2 Å². The summed E-state index contributed by atoms with van der Waals surface area (Å²) in [5, 5.41) is 0. The lowest BCUT2D eigenvalue weighted by Gasteiger charge is -2.28. The second-order valence-corrected chi connectivity index (χ2v) is 6.83. The molecule has 0 saturated heterocycles. The Kier molecular flexibility index (Phi) is 4.93. The smallest absolute Gasteiger partial charge is 0.231 e. The van der Waals surface area contributed by atoms with Crippen molar-refractivity contribution in [2.75, 3.05) is 32.0 Å². The Hall–Kier alpha value is -2.34. The van der Waals surface area contributed by atoms with Crippen LogP contribution in [0.25, 0.3) is 0 Å². The third-order valence-corrected chi connectivity index (χ3v) is 4.95. The minimum absolute atomic E-state index is 0.296. The Morgan fingerprint density at radius 3 is 2.85 bits per heavy atom. The number of ether oxygens (including phenoxy) is 3. The molecule has 2 aliphatic rings. The fraction of sp³-hybridized carbons (Fsp3) is 0.500. The third kappa shape index (κ3) is 3.46. The molecule has 2 aromatic rings. The Bertz CT molecular complexity index is 794. The third-order valence-electron chi connectivity index (χ3n) is 4.95. The lowest BCUT2D eigenvalue weighted by Crippen LogP contribution is -2.30. The number of benzene rings is 1. The van der Waals surface area contributed by atoms with E-state index in [2.05, 4.69) is 22.0 Å². The van der Waals surface area contributed by atoms with Gasteiger partial charge in [0.1, 0.15) is 11.6 Å². The lowest BCUT2D eigenvalue weighted by atomic mass is 9.96. The summed E-state index contributed by atoms with van der Waals surface area (Å²) < 4.78 is 16.3. The van der Waals surface area contributed by atoms with Crippen LogP contribution >= 0.6 is 0 Å². The van der Waals surface area contributed by atoms with Crippen molar-refractivity contribution in [1.82, 2.24) is 9.97 Å². The first-order valence-electron chi connectivity index (χ1n) is 9.23. The topological polar surface area (TPSA) is 56.7 Å². The molecule has 0 unspecified atom stereocenters. The van der Waals surface area contributed by atoms with Crippen molar-refractivity contribution in [2.24, 2.45) is 0 Å². The summed E-state index contributed by atoms with van der Waals surface area (Å²) in [6.07, 6.45) is 4.51. The highest BCUT2D eigenvalue weighted by atomic mass is 16.7. The van der Waals surface area contributed by atoms with E-state index in [0.29, 0.717) is 13.4 Å². The van der Waals surface area contributed by atoms with Crippen molar-refractivity contribution in [3.05, 3.63) is 40.8 Å². The van der Waals surface area contributed by atoms with Gasteiger partial charge in [-0.2, -0.15) is 0 Å². The van der Waals surface area contributed by atoms with E-state index in [9.17, 15) is 0 Å². The predicted octanol–water partition coefficient (Wildman–Crippen LogP) is 3.05. The van der Waals surface area contributed by atoms with E-state index in [1.54, 1.807) is 7.11 Å². The van der Waals surface area contributed by atoms with Crippen LogP contribution in [0.4, 0.5) is 5.82 Å². The number of aryl methyl sites for hydroxylation is 2. The second-order valence-electron chi connectivity index (χ2n) is 6.83. The van der Waals surface area contributed by atoms with Crippen molar-refractivity contribution >= 4 is 5.82 Å². The van der Waals surface area contributed by atoms with Crippen molar-refractivity contribution in [3.63, 3.8) is 0 Å². The van der Waals surface area contributed by atoms with Gasteiger partial charge in [0.2, 0.25) is 6.79 Å². The maximum Gasteiger partial charge on any atom is 0.231 e. The van der Waals surface area contributed by atoms with Crippen LogP contribution in [0.3, 0.4) is 0 Å². The molecule has 1 aliphatic carbocycles. The minimum Gasteiger partial charge on any atom is -0.454 e. The molecule has 1 aliphatic heterocycles. The molecule has 1 aromatic heterocycles. The van der Waals surface area contributed by atoms with E-state index < -0.39 is 0 Å². The summed E-state index contributed by atoms with van der Waals surface area (Å²) in [5.74, 6) is 3.53. The fourth-order valence-electron chi connectivity index (χ4n) is 3.68. The van der Waals surface area contributed by atoms with E-state index in [4.69, 9.17) is 19.2 Å². The Morgan fingerprint density at radius 2 is 1.96 bits per heavy atom. The summed E-state index contributed by atoms with van der Waals surface area (Å²) in [7, 11) is 1.74. The maximum absolute atomic E-state index is 5.53. The quantitative estimate of drug-likeness (QED) is 0.794. The molecule has 138 valence electrons. The summed E-state index contributed by atoms with van der Waals surface area (Å²) in [5.41, 5.74) is 3.69. The Labute approximate surface area is 154 Å². The van der Waals surface area contributed by atoms with E-state index in [0.717, 1.165) is 49.1 Å². The molecular formula is C20H25N3O3. The standard InChI is InChI=1S/C20H25N3O3/c1-14-21-17-6-4-3-5-16(17)20(22-14)23(9-10-24-2)12-15-7-8-18-19(11-15)26-13-25-18/h7-8,11H,3-6,9-10,12-13H2,1-2H3. The molecule has 0 N–H and O–H groups in total. The number of hydrogen-bond acceptors (Lipinski definition) is 6. The number of rotatable bonds is 6. The number of hydrogen-bond donors (Lipinski definition) is 0. The van der Waals surface area contributed by atoms with Gasteiger partial charge < -0.3 is 19.1 Å². The van der Waals surface area contributed by atoms with Gasteiger partial charge in [-0.05, 0) is 50.3 Å². The van der Waals surface area contributed by atoms with Gasteiger partial charge in [0.15, 0.2) is 11.5 Å². The molecule has 26 heavy (non-hydrogen) atoms. The first-order valence-corrected chi connectivity index (χ1v) is 9.23. The predicted molar refractivity (Wildman–Crippen MR) is 98.9 cm³/mol. The first kappa shape index (κ1) is 17.1. The number of anilines is 1. The second kappa shape index (κ2) is 7.50. The van der Waals surface area contributed by atoms with E-state index in [1.165, 1.54) is 29.7 Å². The number of methoxy groups -OCH3 is 1. The van der Waals surface area contributed by atoms with Gasteiger partial charge in [0.25, 0.3) is 0 Å². The molecular weight excluding hydrogens is 330 g/mol. The van der Waals surface area contributed by atoms with E-state index in [-0.39, 0.29) is 0 Å². The highest BCUT2D eigenvalue weighted by Gasteiger charge is 2.22. The maximum atomic E-state index is 5.53. The zero-order valence-electron chi connectivity index (χ0n) is 15.5. The van der Waals surface area contributed by atoms with Gasteiger partial charge in [0.05, 0.1) is 6.61 Å². The normalized spacial score (nSPS) is 15.0. The number of nitrogens with zero attached hydrogens (tertiary/aromatic N) is 3. The van der Waals surface area contributed by atoms with Crippen molar-refractivity contribution in [3.8, 4) is 11.5 Å². The largest absolute Gasteiger partial charge is 0.454 e. The van der Waals surface area contributed by atoms with Gasteiger partial charge in [-0.3, -0.25) is 0 Å². The van der Waals surface area contributed by atoms with Crippen LogP contribution in [-0.4, -0.2) is 37.0 Å². The molecule has 0 bridgehead atoms. The molecule has 0 saturated carbocycles. The van der Waals surface area contributed by atoms with Crippen LogP contribution in [0.1, 0.15) is 35.5 Å². The van der Waals surface area contributed by atoms with Crippen LogP contribution in [0.5, 0.6) is 11.5 Å². The van der Waals surface area contributed by atoms with Crippen LogP contribution in [-0.2, 0) is 24.1 Å². The molecule has 0 radical (unpaired) electrons. The highest BCUT2D eigenvalue weighted by molar-refractivity contribution is 5.52. The molecule has 4 rings (SSSR count). The van der Waals surface area contributed by atoms with Crippen molar-refractivity contribution < 1.29 is 14.2 Å². The zero-order valence-corrected chi connectivity index (χ0v) is 15.5. The molecule has 0 fully saturated rings. The SMILES string of the molecule is COCCN(Cc1ccc2c(c1)OCO2)c1nc(C)nc2c1CCCC2. The Balaban J connectivity index is 1.66. The molecule has 0 spiro atoms. The summed E-state index contributed by atoms with van der Waals surface area (Å²) >= 11 is 0. The summed E-state index contributed by atoms with van der Waals surface area (Å²) in [4.78, 5) is 11.8.